The number of rotatable bonds is 4. The van der Waals surface area contributed by atoms with Crippen LogP contribution in [0.1, 0.15) is 0 Å². The van der Waals surface area contributed by atoms with Gasteiger partial charge in [0.15, 0.2) is 0 Å². The first-order chi connectivity index (χ1) is 13.3. The summed E-state index contributed by atoms with van der Waals surface area (Å²) in [6.07, 6.45) is 11.2. The van der Waals surface area contributed by atoms with E-state index in [0.29, 0.717) is 0 Å². The Balaban J connectivity index is 1.78. The second-order valence-electron chi connectivity index (χ2n) is 7.39. The smallest absolute Gasteiger partial charge is 0.0568 e. The number of hydrogen-bond acceptors (Lipinski definition) is 3. The number of pyridine rings is 1. The first kappa shape index (κ1) is 18.4. The average Bonchev–Trinajstić information content (AvgIpc) is 3.12. The predicted molar refractivity (Wildman–Crippen MR) is 119 cm³/mol. The van der Waals surface area contributed by atoms with Gasteiger partial charge in [-0.25, -0.2) is 0 Å². The van der Waals surface area contributed by atoms with Crippen LogP contribution in [-0.2, 0) is 17.2 Å². The molecule has 0 aliphatic heterocycles. The van der Waals surface area contributed by atoms with Crippen LogP contribution in [0.4, 0.5) is 5.69 Å². The maximum absolute atomic E-state index is 12.5. The van der Waals surface area contributed by atoms with Crippen molar-refractivity contribution in [3.8, 4) is 22.3 Å². The summed E-state index contributed by atoms with van der Waals surface area (Å²) in [6.45, 7) is 0. The van der Waals surface area contributed by atoms with Crippen molar-refractivity contribution in [2.45, 2.75) is 0 Å². The Morgan fingerprint density at radius 2 is 1.64 bits per heavy atom. The Morgan fingerprint density at radius 3 is 2.29 bits per heavy atom. The minimum Gasteiger partial charge on any atom is -0.317 e. The summed E-state index contributed by atoms with van der Waals surface area (Å²) in [7, 11) is 1.42. The summed E-state index contributed by atoms with van der Waals surface area (Å²) in [6, 6.07) is 14.6. The van der Waals surface area contributed by atoms with E-state index < -0.39 is 10.1 Å². The van der Waals surface area contributed by atoms with Crippen LogP contribution in [0.3, 0.4) is 0 Å². The van der Waals surface area contributed by atoms with Crippen molar-refractivity contribution in [1.82, 2.24) is 14.8 Å². The number of aryl methyl sites for hydroxylation is 1. The third-order valence-electron chi connectivity index (χ3n) is 5.07. The summed E-state index contributed by atoms with van der Waals surface area (Å²) in [5, 5.41) is 6.40. The van der Waals surface area contributed by atoms with E-state index in [-0.39, 0.29) is 0 Å². The predicted octanol–water partition coefficient (Wildman–Crippen LogP) is 3.93. The lowest BCUT2D eigenvalue weighted by molar-refractivity contribution is 0.677. The molecule has 0 saturated heterocycles. The van der Waals surface area contributed by atoms with Crippen LogP contribution in [0.5, 0.6) is 0 Å². The molecular weight excluding hydrogens is 368 g/mol. The van der Waals surface area contributed by atoms with E-state index in [9.17, 15) is 4.21 Å². The van der Waals surface area contributed by atoms with Crippen molar-refractivity contribution >= 4 is 26.6 Å². The lowest BCUT2D eigenvalue weighted by Crippen LogP contribution is -2.30. The van der Waals surface area contributed by atoms with Crippen LogP contribution in [0.15, 0.2) is 67.3 Å². The largest absolute Gasteiger partial charge is 0.317 e. The maximum atomic E-state index is 12.5. The van der Waals surface area contributed by atoms with Gasteiger partial charge in [0.1, 0.15) is 0 Å². The van der Waals surface area contributed by atoms with Crippen molar-refractivity contribution in [3.05, 3.63) is 67.3 Å². The average molecular weight is 393 g/mol. The first-order valence-corrected chi connectivity index (χ1v) is 11.6. The molecule has 0 unspecified atom stereocenters. The minimum absolute atomic E-state index is 0.945. The lowest BCUT2D eigenvalue weighted by atomic mass is 9.98. The third-order valence-corrected chi connectivity index (χ3v) is 6.75. The minimum atomic E-state index is -2.37. The molecule has 2 heterocycles. The molecule has 6 heteroatoms. The summed E-state index contributed by atoms with van der Waals surface area (Å²) in [5.41, 5.74) is 5.33. The van der Waals surface area contributed by atoms with E-state index in [1.807, 2.05) is 55.3 Å². The van der Waals surface area contributed by atoms with Crippen LogP contribution in [0.2, 0.25) is 0 Å². The lowest BCUT2D eigenvalue weighted by Gasteiger charge is -2.28. The fourth-order valence-corrected chi connectivity index (χ4v) is 3.95. The Morgan fingerprint density at radius 1 is 0.929 bits per heavy atom. The Labute approximate surface area is 166 Å². The second kappa shape index (κ2) is 6.87. The van der Waals surface area contributed by atoms with Gasteiger partial charge in [-0.2, -0.15) is 5.10 Å². The third kappa shape index (κ3) is 3.43. The molecule has 28 heavy (non-hydrogen) atoms. The fourth-order valence-electron chi connectivity index (χ4n) is 3.27. The molecule has 0 aliphatic carbocycles. The monoisotopic (exact) mass is 392 g/mol. The van der Waals surface area contributed by atoms with Crippen LogP contribution >= 0.6 is 0 Å². The summed E-state index contributed by atoms with van der Waals surface area (Å²) >= 11 is 0. The quantitative estimate of drug-likeness (QED) is 0.536. The fraction of sp³-hybridized carbons (Fsp3) is 0.182. The molecule has 0 atom stereocenters. The highest BCUT2D eigenvalue weighted by Crippen LogP contribution is 2.32. The molecule has 0 amide bonds. The van der Waals surface area contributed by atoms with Gasteiger partial charge in [0, 0.05) is 67.4 Å². The van der Waals surface area contributed by atoms with Gasteiger partial charge >= 0.3 is 0 Å². The zero-order valence-electron chi connectivity index (χ0n) is 16.5. The molecular formula is C22H24N4OS. The van der Waals surface area contributed by atoms with Gasteiger partial charge in [0.25, 0.3) is 0 Å². The number of thiol groups is 1. The van der Waals surface area contributed by atoms with E-state index in [2.05, 4.69) is 40.4 Å². The normalized spacial score (nSPS) is 12.3. The molecule has 5 nitrogen and oxygen atoms in total. The number of benzene rings is 2. The standard InChI is InChI=1S/C22H24N4OS/c1-25-15-19(13-24-25)16-5-7-17(8-6-16)22-14-23-12-18-9-10-20(11-21(18)22)26(2)28(3,4)27/h5-15,28H,1-4H3. The molecule has 4 aromatic rings. The molecule has 0 fully saturated rings. The van der Waals surface area contributed by atoms with E-state index in [4.69, 9.17) is 0 Å². The van der Waals surface area contributed by atoms with E-state index in [1.165, 1.54) is 0 Å². The van der Waals surface area contributed by atoms with Gasteiger partial charge in [-0.05, 0) is 38.8 Å². The van der Waals surface area contributed by atoms with Crippen LogP contribution in [0.25, 0.3) is 33.0 Å². The first-order valence-electron chi connectivity index (χ1n) is 9.09. The van der Waals surface area contributed by atoms with Crippen molar-refractivity contribution < 1.29 is 4.21 Å². The highest BCUT2D eigenvalue weighted by molar-refractivity contribution is 8.02. The number of fused-ring (bicyclic) bond motifs is 1. The van der Waals surface area contributed by atoms with Gasteiger partial charge in [0.05, 0.1) is 6.20 Å². The zero-order chi connectivity index (χ0) is 19.9. The van der Waals surface area contributed by atoms with Crippen molar-refractivity contribution in [3.63, 3.8) is 0 Å². The van der Waals surface area contributed by atoms with E-state index >= 15 is 0 Å². The van der Waals surface area contributed by atoms with Gasteiger partial charge in [-0.1, -0.05) is 30.3 Å². The zero-order valence-corrected chi connectivity index (χ0v) is 17.4. The molecule has 0 saturated carbocycles. The second-order valence-corrected chi connectivity index (χ2v) is 10.6. The van der Waals surface area contributed by atoms with Crippen molar-refractivity contribution in [2.75, 3.05) is 23.9 Å². The topological polar surface area (TPSA) is 51.0 Å². The van der Waals surface area contributed by atoms with Crippen molar-refractivity contribution in [1.29, 1.82) is 0 Å². The van der Waals surface area contributed by atoms with Gasteiger partial charge in [-0.15, -0.1) is 0 Å². The number of anilines is 1. The van der Waals surface area contributed by atoms with E-state index in [0.717, 1.165) is 38.7 Å². The van der Waals surface area contributed by atoms with Crippen LogP contribution in [0, 0.1) is 0 Å². The highest BCUT2D eigenvalue weighted by Gasteiger charge is 2.12. The molecule has 2 aromatic carbocycles. The molecule has 0 radical (unpaired) electrons. The maximum Gasteiger partial charge on any atom is 0.0568 e. The highest BCUT2D eigenvalue weighted by atomic mass is 32.3. The molecule has 2 aromatic heterocycles. The van der Waals surface area contributed by atoms with Gasteiger partial charge in [0.2, 0.25) is 0 Å². The summed E-state index contributed by atoms with van der Waals surface area (Å²) in [5.74, 6) is 0. The molecule has 4 rings (SSSR count). The SMILES string of the molecule is CN(c1ccc2cncc(-c3ccc(-c4cnn(C)c4)cc3)c2c1)[SH](C)(C)=O. The van der Waals surface area contributed by atoms with Gasteiger partial charge in [-0.3, -0.25) is 13.9 Å². The number of hydrogen-bond donors (Lipinski definition) is 1. The van der Waals surface area contributed by atoms with Crippen molar-refractivity contribution in [2.24, 2.45) is 7.05 Å². The summed E-state index contributed by atoms with van der Waals surface area (Å²) < 4.78 is 16.2. The van der Waals surface area contributed by atoms with Crippen LogP contribution in [-0.4, -0.2) is 38.5 Å². The molecule has 0 aliphatic rings. The van der Waals surface area contributed by atoms with Gasteiger partial charge < -0.3 is 4.31 Å². The number of aromatic nitrogens is 3. The molecule has 144 valence electrons. The Hall–Kier alpha value is -2.99. The Kier molecular flexibility index (Phi) is 4.51. The van der Waals surface area contributed by atoms with Crippen LogP contribution < -0.4 is 4.31 Å². The summed E-state index contributed by atoms with van der Waals surface area (Å²) in [4.78, 5) is 4.41. The molecule has 0 N–H and O–H groups in total. The Bertz CT molecular complexity index is 1190. The number of nitrogens with zero attached hydrogens (tertiary/aromatic N) is 4. The molecule has 0 spiro atoms. The molecule has 0 bridgehead atoms. The van der Waals surface area contributed by atoms with E-state index in [1.54, 1.807) is 17.2 Å².